The minimum absolute atomic E-state index is 0.161. The molecular formula is C16H25N3O. The quantitative estimate of drug-likeness (QED) is 0.802. The molecule has 4 heteroatoms. The van der Waals surface area contributed by atoms with Gasteiger partial charge in [-0.3, -0.25) is 9.69 Å². The van der Waals surface area contributed by atoms with E-state index >= 15 is 0 Å². The maximum absolute atomic E-state index is 12.3. The molecule has 0 aliphatic carbocycles. The molecule has 1 aromatic rings. The first-order valence-electron chi connectivity index (χ1n) is 7.58. The van der Waals surface area contributed by atoms with E-state index in [0.29, 0.717) is 0 Å². The third kappa shape index (κ3) is 4.32. The van der Waals surface area contributed by atoms with Crippen LogP contribution in [0, 0.1) is 0 Å². The van der Waals surface area contributed by atoms with E-state index in [1.807, 2.05) is 35.2 Å². The van der Waals surface area contributed by atoms with Gasteiger partial charge in [-0.1, -0.05) is 24.6 Å². The van der Waals surface area contributed by atoms with Crippen molar-refractivity contribution in [3.05, 3.63) is 35.9 Å². The first kappa shape index (κ1) is 15.0. The van der Waals surface area contributed by atoms with Crippen LogP contribution in [0.25, 0.3) is 0 Å². The Morgan fingerprint density at radius 1 is 1.00 bits per heavy atom. The van der Waals surface area contributed by atoms with E-state index < -0.39 is 0 Å². The molecule has 2 N–H and O–H groups in total. The molecule has 1 saturated heterocycles. The van der Waals surface area contributed by atoms with Crippen molar-refractivity contribution in [2.45, 2.75) is 19.3 Å². The molecule has 0 saturated carbocycles. The highest BCUT2D eigenvalue weighted by atomic mass is 16.2. The molecule has 1 aliphatic rings. The largest absolute Gasteiger partial charge is 0.336 e. The van der Waals surface area contributed by atoms with Gasteiger partial charge in [0.2, 0.25) is 0 Å². The number of carbonyl (C=O) groups is 1. The molecule has 20 heavy (non-hydrogen) atoms. The molecule has 2 rings (SSSR count). The van der Waals surface area contributed by atoms with E-state index in [-0.39, 0.29) is 5.91 Å². The van der Waals surface area contributed by atoms with Crippen LogP contribution >= 0.6 is 0 Å². The van der Waals surface area contributed by atoms with Crippen molar-refractivity contribution >= 4 is 5.91 Å². The van der Waals surface area contributed by atoms with Gasteiger partial charge in [-0.15, -0.1) is 0 Å². The second-order valence-corrected chi connectivity index (χ2v) is 5.35. The van der Waals surface area contributed by atoms with Gasteiger partial charge in [-0.25, -0.2) is 0 Å². The zero-order valence-electron chi connectivity index (χ0n) is 12.1. The second-order valence-electron chi connectivity index (χ2n) is 5.35. The lowest BCUT2D eigenvalue weighted by atomic mass is 10.1. The van der Waals surface area contributed by atoms with E-state index in [9.17, 15) is 4.79 Å². The number of nitrogens with zero attached hydrogens (tertiary/aromatic N) is 2. The summed E-state index contributed by atoms with van der Waals surface area (Å²) in [4.78, 5) is 16.7. The molecular weight excluding hydrogens is 250 g/mol. The molecule has 1 amide bonds. The van der Waals surface area contributed by atoms with Crippen molar-refractivity contribution in [3.63, 3.8) is 0 Å². The van der Waals surface area contributed by atoms with E-state index in [4.69, 9.17) is 5.73 Å². The number of carbonyl (C=O) groups excluding carboxylic acids is 1. The van der Waals surface area contributed by atoms with Gasteiger partial charge in [0.25, 0.3) is 5.91 Å². The molecule has 0 aromatic heterocycles. The van der Waals surface area contributed by atoms with Crippen molar-refractivity contribution < 1.29 is 4.79 Å². The lowest BCUT2D eigenvalue weighted by molar-refractivity contribution is 0.0635. The number of benzene rings is 1. The lowest BCUT2D eigenvalue weighted by Crippen LogP contribution is -2.48. The summed E-state index contributed by atoms with van der Waals surface area (Å²) >= 11 is 0. The Morgan fingerprint density at radius 3 is 2.35 bits per heavy atom. The highest BCUT2D eigenvalue weighted by Gasteiger charge is 2.21. The van der Waals surface area contributed by atoms with Gasteiger partial charge in [0.1, 0.15) is 0 Å². The molecule has 0 atom stereocenters. The van der Waals surface area contributed by atoms with Crippen molar-refractivity contribution in [2.75, 3.05) is 39.3 Å². The maximum Gasteiger partial charge on any atom is 0.253 e. The number of piperazine rings is 1. The Labute approximate surface area is 121 Å². The Balaban J connectivity index is 1.73. The van der Waals surface area contributed by atoms with E-state index in [1.54, 1.807) is 0 Å². The standard InChI is InChI=1S/C16H25N3O/c17-9-5-2-6-10-18-11-13-19(14-12-18)16(20)15-7-3-1-4-8-15/h1,3-4,7-8H,2,5-6,9-14,17H2. The van der Waals surface area contributed by atoms with Crippen LogP contribution in [0.4, 0.5) is 0 Å². The fourth-order valence-electron chi connectivity index (χ4n) is 2.59. The van der Waals surface area contributed by atoms with Crippen LogP contribution in [0.1, 0.15) is 29.6 Å². The zero-order chi connectivity index (χ0) is 14.2. The summed E-state index contributed by atoms with van der Waals surface area (Å²) in [5, 5.41) is 0. The maximum atomic E-state index is 12.3. The molecule has 1 aliphatic heterocycles. The van der Waals surface area contributed by atoms with Gasteiger partial charge in [0.05, 0.1) is 0 Å². The van der Waals surface area contributed by atoms with Gasteiger partial charge in [-0.2, -0.15) is 0 Å². The minimum atomic E-state index is 0.161. The molecule has 4 nitrogen and oxygen atoms in total. The van der Waals surface area contributed by atoms with E-state index in [0.717, 1.165) is 51.3 Å². The molecule has 1 heterocycles. The number of hydrogen-bond acceptors (Lipinski definition) is 3. The molecule has 110 valence electrons. The molecule has 1 aromatic carbocycles. The van der Waals surface area contributed by atoms with Gasteiger partial charge in [-0.05, 0) is 38.1 Å². The first-order chi connectivity index (χ1) is 9.81. The molecule has 1 fully saturated rings. The summed E-state index contributed by atoms with van der Waals surface area (Å²) in [5.74, 6) is 0.161. The van der Waals surface area contributed by atoms with Crippen LogP contribution in [-0.2, 0) is 0 Å². The van der Waals surface area contributed by atoms with Crippen molar-refractivity contribution in [3.8, 4) is 0 Å². The Kier molecular flexibility index (Phi) is 6.02. The van der Waals surface area contributed by atoms with Gasteiger partial charge >= 0.3 is 0 Å². The molecule has 0 bridgehead atoms. The van der Waals surface area contributed by atoms with Crippen LogP contribution in [-0.4, -0.2) is 55.0 Å². The summed E-state index contributed by atoms with van der Waals surface area (Å²) in [6.07, 6.45) is 3.54. The first-order valence-corrected chi connectivity index (χ1v) is 7.58. The molecule has 0 unspecified atom stereocenters. The average Bonchev–Trinajstić information content (AvgIpc) is 2.52. The minimum Gasteiger partial charge on any atom is -0.336 e. The highest BCUT2D eigenvalue weighted by Crippen LogP contribution is 2.09. The van der Waals surface area contributed by atoms with Crippen molar-refractivity contribution in [1.29, 1.82) is 0 Å². The van der Waals surface area contributed by atoms with Crippen LogP contribution in [0.15, 0.2) is 30.3 Å². The fourth-order valence-corrected chi connectivity index (χ4v) is 2.59. The number of unbranched alkanes of at least 4 members (excludes halogenated alkanes) is 2. The average molecular weight is 275 g/mol. The Hall–Kier alpha value is -1.39. The van der Waals surface area contributed by atoms with E-state index in [2.05, 4.69) is 4.90 Å². The SMILES string of the molecule is NCCCCCN1CCN(C(=O)c2ccccc2)CC1. The summed E-state index contributed by atoms with van der Waals surface area (Å²) < 4.78 is 0. The van der Waals surface area contributed by atoms with Crippen LogP contribution < -0.4 is 5.73 Å². The predicted octanol–water partition coefficient (Wildman–Crippen LogP) is 1.57. The van der Waals surface area contributed by atoms with Crippen molar-refractivity contribution in [2.24, 2.45) is 5.73 Å². The highest BCUT2D eigenvalue weighted by molar-refractivity contribution is 5.94. The Morgan fingerprint density at radius 2 is 1.70 bits per heavy atom. The topological polar surface area (TPSA) is 49.6 Å². The fraction of sp³-hybridized carbons (Fsp3) is 0.562. The third-order valence-electron chi connectivity index (χ3n) is 3.86. The Bertz CT molecular complexity index is 399. The molecule has 0 spiro atoms. The molecule has 0 radical (unpaired) electrons. The monoisotopic (exact) mass is 275 g/mol. The van der Waals surface area contributed by atoms with Crippen molar-refractivity contribution in [1.82, 2.24) is 9.80 Å². The van der Waals surface area contributed by atoms with Gasteiger partial charge < -0.3 is 10.6 Å². The smallest absolute Gasteiger partial charge is 0.253 e. The summed E-state index contributed by atoms with van der Waals surface area (Å²) in [6.45, 7) is 5.57. The van der Waals surface area contributed by atoms with Crippen LogP contribution in [0.3, 0.4) is 0 Å². The summed E-state index contributed by atoms with van der Waals surface area (Å²) in [6, 6.07) is 9.56. The summed E-state index contributed by atoms with van der Waals surface area (Å²) in [7, 11) is 0. The van der Waals surface area contributed by atoms with Crippen LogP contribution in [0.5, 0.6) is 0 Å². The normalized spacial score (nSPS) is 16.4. The van der Waals surface area contributed by atoms with E-state index in [1.165, 1.54) is 12.8 Å². The van der Waals surface area contributed by atoms with Gasteiger partial charge in [0, 0.05) is 31.7 Å². The number of hydrogen-bond donors (Lipinski definition) is 1. The number of rotatable bonds is 6. The number of amides is 1. The zero-order valence-corrected chi connectivity index (χ0v) is 12.1. The third-order valence-corrected chi connectivity index (χ3v) is 3.86. The number of nitrogens with two attached hydrogens (primary N) is 1. The second kappa shape index (κ2) is 8.02. The predicted molar refractivity (Wildman–Crippen MR) is 81.7 cm³/mol. The summed E-state index contributed by atoms with van der Waals surface area (Å²) in [5.41, 5.74) is 6.29. The van der Waals surface area contributed by atoms with Gasteiger partial charge in [0.15, 0.2) is 0 Å². The van der Waals surface area contributed by atoms with Crippen LogP contribution in [0.2, 0.25) is 0 Å². The lowest BCUT2D eigenvalue weighted by Gasteiger charge is -2.34.